The van der Waals surface area contributed by atoms with E-state index < -0.39 is 15.9 Å². The van der Waals surface area contributed by atoms with Crippen LogP contribution in [0, 0.1) is 6.92 Å². The fourth-order valence-corrected chi connectivity index (χ4v) is 3.70. The highest BCUT2D eigenvalue weighted by molar-refractivity contribution is 7.89. The van der Waals surface area contributed by atoms with Crippen molar-refractivity contribution in [3.63, 3.8) is 0 Å². The van der Waals surface area contributed by atoms with E-state index >= 15 is 0 Å². The van der Waals surface area contributed by atoms with E-state index in [1.807, 2.05) is 25.1 Å². The average molecular weight is 399 g/mol. The van der Waals surface area contributed by atoms with E-state index in [2.05, 4.69) is 5.32 Å². The van der Waals surface area contributed by atoms with Gasteiger partial charge in [-0.05, 0) is 48.1 Å². The lowest BCUT2D eigenvalue weighted by Gasteiger charge is -2.11. The summed E-state index contributed by atoms with van der Waals surface area (Å²) in [7, 11) is -2.07. The summed E-state index contributed by atoms with van der Waals surface area (Å²) >= 11 is 0. The molecule has 7 nitrogen and oxygen atoms in total. The molecule has 3 aromatic rings. The molecule has 3 rings (SSSR count). The quantitative estimate of drug-likeness (QED) is 0.677. The lowest BCUT2D eigenvalue weighted by molar-refractivity contribution is 0.0952. The number of nitrogens with one attached hydrogen (secondary N) is 1. The zero-order valence-electron chi connectivity index (χ0n) is 15.6. The van der Waals surface area contributed by atoms with Gasteiger partial charge < -0.3 is 9.88 Å². The number of hydrogen-bond acceptors (Lipinski definition) is 4. The lowest BCUT2D eigenvalue weighted by atomic mass is 10.1. The van der Waals surface area contributed by atoms with E-state index in [0.29, 0.717) is 13.0 Å². The summed E-state index contributed by atoms with van der Waals surface area (Å²) in [6.45, 7) is 2.23. The minimum absolute atomic E-state index is 0.0373. The van der Waals surface area contributed by atoms with Crippen LogP contribution in [-0.2, 0) is 23.5 Å². The molecular weight excluding hydrogens is 378 g/mol. The Morgan fingerprint density at radius 3 is 2.46 bits per heavy atom. The Morgan fingerprint density at radius 1 is 1.14 bits per heavy atom. The molecule has 0 aliphatic rings. The van der Waals surface area contributed by atoms with Crippen molar-refractivity contribution in [2.24, 2.45) is 12.2 Å². The van der Waals surface area contributed by atoms with E-state index in [9.17, 15) is 18.0 Å². The second-order valence-electron chi connectivity index (χ2n) is 6.63. The number of aryl methyl sites for hydroxylation is 2. The number of carbonyl (C=O) groups is 1. The summed E-state index contributed by atoms with van der Waals surface area (Å²) in [4.78, 5) is 25.1. The number of fused-ring (bicyclic) bond motifs is 1. The first-order chi connectivity index (χ1) is 13.2. The fourth-order valence-electron chi connectivity index (χ4n) is 3.18. The number of aromatic nitrogens is 1. The predicted octanol–water partition coefficient (Wildman–Crippen LogP) is 1.47. The Bertz CT molecular complexity index is 1210. The minimum atomic E-state index is -3.73. The van der Waals surface area contributed by atoms with Crippen LogP contribution in [0.3, 0.4) is 0 Å². The number of para-hydroxylation sites is 1. The smallest absolute Gasteiger partial charge is 0.263 e. The van der Waals surface area contributed by atoms with Gasteiger partial charge in [0.15, 0.2) is 0 Å². The number of benzene rings is 2. The highest BCUT2D eigenvalue weighted by Gasteiger charge is 2.15. The van der Waals surface area contributed by atoms with Crippen LogP contribution in [0.15, 0.2) is 58.2 Å². The molecule has 146 valence electrons. The van der Waals surface area contributed by atoms with Crippen molar-refractivity contribution >= 4 is 26.8 Å². The predicted molar refractivity (Wildman–Crippen MR) is 108 cm³/mol. The molecule has 0 saturated heterocycles. The summed E-state index contributed by atoms with van der Waals surface area (Å²) in [6, 6.07) is 13.4. The van der Waals surface area contributed by atoms with Gasteiger partial charge in [0.2, 0.25) is 10.0 Å². The van der Waals surface area contributed by atoms with Gasteiger partial charge in [0.05, 0.1) is 10.4 Å². The highest BCUT2D eigenvalue weighted by Crippen LogP contribution is 2.17. The molecular formula is C20H21N3O4S. The topological polar surface area (TPSA) is 111 Å². The first kappa shape index (κ1) is 19.8. The minimum Gasteiger partial charge on any atom is -0.352 e. The summed E-state index contributed by atoms with van der Waals surface area (Å²) in [5, 5.41) is 8.64. The van der Waals surface area contributed by atoms with Gasteiger partial charge in [0.25, 0.3) is 11.5 Å². The number of nitrogens with zero attached hydrogens (tertiary/aromatic N) is 1. The number of nitrogens with two attached hydrogens (primary N) is 1. The van der Waals surface area contributed by atoms with Gasteiger partial charge in [-0.25, -0.2) is 13.6 Å². The number of rotatable bonds is 5. The van der Waals surface area contributed by atoms with Crippen LogP contribution in [-0.4, -0.2) is 25.4 Å². The van der Waals surface area contributed by atoms with Crippen molar-refractivity contribution in [2.75, 3.05) is 6.54 Å². The van der Waals surface area contributed by atoms with Gasteiger partial charge >= 0.3 is 0 Å². The third-order valence-electron chi connectivity index (χ3n) is 4.64. The van der Waals surface area contributed by atoms with Crippen LogP contribution in [0.2, 0.25) is 0 Å². The molecule has 1 amide bonds. The zero-order valence-corrected chi connectivity index (χ0v) is 16.4. The van der Waals surface area contributed by atoms with Crippen LogP contribution in [0.4, 0.5) is 0 Å². The van der Waals surface area contributed by atoms with Crippen LogP contribution in [0.25, 0.3) is 10.9 Å². The Labute approximate surface area is 162 Å². The van der Waals surface area contributed by atoms with Crippen LogP contribution < -0.4 is 16.0 Å². The summed E-state index contributed by atoms with van der Waals surface area (Å²) in [5.74, 6) is -0.440. The van der Waals surface area contributed by atoms with E-state index in [4.69, 9.17) is 5.14 Å². The Kier molecular flexibility index (Phi) is 5.35. The van der Waals surface area contributed by atoms with Crippen LogP contribution >= 0.6 is 0 Å². The third-order valence-corrected chi connectivity index (χ3v) is 5.56. The SMILES string of the molecule is Cc1cccc2cc(C(=O)NCCc3ccc(S(N)(=O)=O)cc3)c(=O)n(C)c12. The van der Waals surface area contributed by atoms with E-state index in [-0.39, 0.29) is 16.0 Å². The molecule has 2 aromatic carbocycles. The summed E-state index contributed by atoms with van der Waals surface area (Å²) < 4.78 is 24.0. The van der Waals surface area contributed by atoms with Crippen molar-refractivity contribution in [3.05, 3.63) is 75.6 Å². The first-order valence-electron chi connectivity index (χ1n) is 8.68. The Morgan fingerprint density at radius 2 is 1.82 bits per heavy atom. The van der Waals surface area contributed by atoms with Crippen molar-refractivity contribution in [3.8, 4) is 0 Å². The van der Waals surface area contributed by atoms with Crippen molar-refractivity contribution in [1.82, 2.24) is 9.88 Å². The molecule has 28 heavy (non-hydrogen) atoms. The average Bonchev–Trinajstić information content (AvgIpc) is 2.64. The molecule has 8 heteroatoms. The van der Waals surface area contributed by atoms with Gasteiger partial charge in [0, 0.05) is 13.6 Å². The highest BCUT2D eigenvalue weighted by atomic mass is 32.2. The van der Waals surface area contributed by atoms with Gasteiger partial charge in [-0.1, -0.05) is 30.3 Å². The molecule has 0 aliphatic heterocycles. The largest absolute Gasteiger partial charge is 0.352 e. The molecule has 0 saturated carbocycles. The molecule has 0 atom stereocenters. The monoisotopic (exact) mass is 399 g/mol. The van der Waals surface area contributed by atoms with Gasteiger partial charge in [-0.3, -0.25) is 9.59 Å². The van der Waals surface area contributed by atoms with Gasteiger partial charge in [0.1, 0.15) is 5.56 Å². The molecule has 0 bridgehead atoms. The third kappa shape index (κ3) is 3.97. The molecule has 0 unspecified atom stereocenters. The maximum atomic E-state index is 12.6. The second-order valence-corrected chi connectivity index (χ2v) is 8.19. The zero-order chi connectivity index (χ0) is 20.5. The van der Waals surface area contributed by atoms with Gasteiger partial charge in [-0.2, -0.15) is 0 Å². The molecule has 0 radical (unpaired) electrons. The number of sulfonamides is 1. The van der Waals surface area contributed by atoms with E-state index in [0.717, 1.165) is 22.0 Å². The number of primary sulfonamides is 1. The van der Waals surface area contributed by atoms with E-state index in [1.165, 1.54) is 16.7 Å². The molecule has 0 aliphatic carbocycles. The molecule has 3 N–H and O–H groups in total. The Balaban J connectivity index is 1.74. The number of pyridine rings is 1. The fraction of sp³-hybridized carbons (Fsp3) is 0.200. The normalized spacial score (nSPS) is 11.5. The summed E-state index contributed by atoms with van der Waals surface area (Å²) in [5.41, 5.74) is 2.35. The van der Waals surface area contributed by atoms with Crippen LogP contribution in [0.5, 0.6) is 0 Å². The number of amides is 1. The molecule has 1 heterocycles. The molecule has 1 aromatic heterocycles. The van der Waals surface area contributed by atoms with Crippen molar-refractivity contribution < 1.29 is 13.2 Å². The van der Waals surface area contributed by atoms with Crippen LogP contribution in [0.1, 0.15) is 21.5 Å². The van der Waals surface area contributed by atoms with Crippen molar-refractivity contribution in [2.45, 2.75) is 18.2 Å². The lowest BCUT2D eigenvalue weighted by Crippen LogP contribution is -2.33. The second kappa shape index (κ2) is 7.57. The summed E-state index contributed by atoms with van der Waals surface area (Å²) in [6.07, 6.45) is 0.490. The molecule has 0 spiro atoms. The number of hydrogen-bond donors (Lipinski definition) is 2. The maximum Gasteiger partial charge on any atom is 0.263 e. The van der Waals surface area contributed by atoms with Crippen molar-refractivity contribution in [1.29, 1.82) is 0 Å². The molecule has 0 fully saturated rings. The number of carbonyl (C=O) groups excluding carboxylic acids is 1. The maximum absolute atomic E-state index is 12.6. The first-order valence-corrected chi connectivity index (χ1v) is 10.2. The van der Waals surface area contributed by atoms with E-state index in [1.54, 1.807) is 25.2 Å². The van der Waals surface area contributed by atoms with Gasteiger partial charge in [-0.15, -0.1) is 0 Å². The Hall–Kier alpha value is -2.97. The standard InChI is InChI=1S/C20H21N3O4S/c1-13-4-3-5-15-12-17(20(25)23(2)18(13)15)19(24)22-11-10-14-6-8-16(9-7-14)28(21,26)27/h3-9,12H,10-11H2,1-2H3,(H,22,24)(H2,21,26,27).